The van der Waals surface area contributed by atoms with Crippen LogP contribution in [0, 0.1) is 0 Å². The summed E-state index contributed by atoms with van der Waals surface area (Å²) in [7, 11) is 0.299. The lowest BCUT2D eigenvalue weighted by atomic mass is 9.85. The fourth-order valence-electron chi connectivity index (χ4n) is 3.40. The van der Waals surface area contributed by atoms with Gasteiger partial charge in [-0.1, -0.05) is 30.3 Å². The molecule has 0 bridgehead atoms. The average Bonchev–Trinajstić information content (AvgIpc) is 2.95. The number of fused-ring (bicyclic) bond motifs is 1. The zero-order valence-corrected chi connectivity index (χ0v) is 15.8. The summed E-state index contributed by atoms with van der Waals surface area (Å²) in [6.07, 6.45) is -1.10. The molecule has 140 valence electrons. The van der Waals surface area contributed by atoms with Gasteiger partial charge in [0.15, 0.2) is 11.4 Å². The second-order valence-corrected chi connectivity index (χ2v) is 8.30. The predicted molar refractivity (Wildman–Crippen MR) is 97.4 cm³/mol. The summed E-state index contributed by atoms with van der Waals surface area (Å²) in [6, 6.07) is 15.7. The molecule has 7 heteroatoms. The summed E-state index contributed by atoms with van der Waals surface area (Å²) in [5.74, 6) is -0.120. The van der Waals surface area contributed by atoms with E-state index in [2.05, 4.69) is 0 Å². The molecule has 1 unspecified atom stereocenters. The zero-order chi connectivity index (χ0) is 19.2. The van der Waals surface area contributed by atoms with Crippen molar-refractivity contribution in [2.45, 2.75) is 41.1 Å². The molecule has 2 aliphatic heterocycles. The Kier molecular flexibility index (Phi) is 4.36. The van der Waals surface area contributed by atoms with Gasteiger partial charge in [0, 0.05) is 23.3 Å². The number of hydrogen-bond donors (Lipinski definition) is 0. The van der Waals surface area contributed by atoms with E-state index in [9.17, 15) is 13.8 Å². The molecule has 0 spiro atoms. The van der Waals surface area contributed by atoms with E-state index in [4.69, 9.17) is 9.47 Å². The zero-order valence-electron chi connectivity index (χ0n) is 15.0. The van der Waals surface area contributed by atoms with E-state index < -0.39 is 34.8 Å². The minimum atomic E-state index is -1.30. The molecule has 27 heavy (non-hydrogen) atoms. The van der Waals surface area contributed by atoms with E-state index >= 15 is 0 Å². The molecule has 0 aliphatic carbocycles. The van der Waals surface area contributed by atoms with Crippen molar-refractivity contribution in [2.24, 2.45) is 0 Å². The summed E-state index contributed by atoms with van der Waals surface area (Å²) in [4.78, 5) is 27.3. The lowest BCUT2D eigenvalue weighted by Gasteiger charge is -2.38. The van der Waals surface area contributed by atoms with Crippen LogP contribution in [0.1, 0.15) is 18.9 Å². The van der Waals surface area contributed by atoms with Crippen molar-refractivity contribution in [1.29, 1.82) is 0 Å². The van der Waals surface area contributed by atoms with Crippen LogP contribution >= 0.6 is 0 Å². The lowest BCUT2D eigenvalue weighted by molar-refractivity contribution is -0.205. The van der Waals surface area contributed by atoms with Gasteiger partial charge < -0.3 is 14.4 Å². The highest BCUT2D eigenvalue weighted by Crippen LogP contribution is 2.39. The molecule has 1 amide bonds. The number of rotatable bonds is 3. The topological polar surface area (TPSA) is 72.9 Å². The van der Waals surface area contributed by atoms with Crippen LogP contribution in [0.4, 0.5) is 4.79 Å². The van der Waals surface area contributed by atoms with Gasteiger partial charge in [0.25, 0.3) is 0 Å². The first-order valence-corrected chi connectivity index (χ1v) is 9.77. The number of hydrogen-bond acceptors (Lipinski definition) is 5. The Morgan fingerprint density at radius 1 is 1.04 bits per heavy atom. The maximum atomic E-state index is 12.8. The van der Waals surface area contributed by atoms with Gasteiger partial charge in [-0.05, 0) is 36.8 Å². The molecule has 0 radical (unpaired) electrons. The van der Waals surface area contributed by atoms with Crippen LogP contribution in [-0.2, 0) is 30.7 Å². The number of ketones is 1. The summed E-state index contributed by atoms with van der Waals surface area (Å²) >= 11 is 0. The molecule has 0 saturated carbocycles. The monoisotopic (exact) mass is 385 g/mol. The van der Waals surface area contributed by atoms with Gasteiger partial charge in [-0.3, -0.25) is 4.79 Å². The molecule has 0 N–H and O–H groups in total. The first-order valence-electron chi connectivity index (χ1n) is 8.62. The molecule has 2 aromatic rings. The van der Waals surface area contributed by atoms with Gasteiger partial charge in [0.2, 0.25) is 6.29 Å². The number of likely N-dealkylation sites (N-methyl/N-ethyl adjacent to an activating group) is 1. The largest absolute Gasteiger partial charge is 0.417 e. The molecule has 4 atom stereocenters. The number of nitrogens with zero attached hydrogens (tertiary/aromatic N) is 1. The maximum absolute atomic E-state index is 12.8. The third-order valence-corrected chi connectivity index (χ3v) is 6.57. The summed E-state index contributed by atoms with van der Waals surface area (Å²) in [5.41, 5.74) is -0.565. The normalized spacial score (nSPS) is 28.6. The van der Waals surface area contributed by atoms with Gasteiger partial charge >= 0.3 is 6.09 Å². The van der Waals surface area contributed by atoms with Gasteiger partial charge in [0.1, 0.15) is 6.04 Å². The van der Waals surface area contributed by atoms with E-state index in [1.807, 2.05) is 30.3 Å². The number of benzene rings is 2. The molecule has 6 nitrogen and oxygen atoms in total. The molecule has 2 heterocycles. The fraction of sp³-hybridized carbons (Fsp3) is 0.300. The van der Waals surface area contributed by atoms with Crippen molar-refractivity contribution in [3.8, 4) is 0 Å². The Balaban J connectivity index is 1.59. The Morgan fingerprint density at radius 3 is 2.33 bits per heavy atom. The Hall–Kier alpha value is -2.51. The van der Waals surface area contributed by atoms with Crippen LogP contribution in [0.15, 0.2) is 64.4 Å². The second kappa shape index (κ2) is 6.58. The van der Waals surface area contributed by atoms with E-state index in [0.29, 0.717) is 15.4 Å². The number of carbonyl (C=O) groups excluding carboxylic acids is 2. The first kappa shape index (κ1) is 17.9. The number of ether oxygens (including phenoxy) is 2. The molecule has 2 aliphatic rings. The minimum Gasteiger partial charge on any atom is -0.417 e. The van der Waals surface area contributed by atoms with E-state index in [1.54, 1.807) is 38.2 Å². The lowest BCUT2D eigenvalue weighted by Crippen LogP contribution is -2.51. The van der Waals surface area contributed by atoms with Crippen molar-refractivity contribution in [3.05, 3.63) is 60.2 Å². The Labute approximate surface area is 159 Å². The molecule has 4 rings (SSSR count). The first-order chi connectivity index (χ1) is 12.9. The number of Topliss-reactive ketones (excluding diaryl/α,β-unsaturated/α-hetero) is 1. The van der Waals surface area contributed by atoms with Gasteiger partial charge in [-0.15, -0.1) is 0 Å². The molecular weight excluding hydrogens is 366 g/mol. The second-order valence-electron chi connectivity index (χ2n) is 6.81. The van der Waals surface area contributed by atoms with E-state index in [1.165, 1.54) is 4.90 Å². The van der Waals surface area contributed by atoms with Gasteiger partial charge in [-0.2, -0.15) is 0 Å². The fourth-order valence-corrected chi connectivity index (χ4v) is 4.46. The summed E-state index contributed by atoms with van der Waals surface area (Å²) in [6.45, 7) is 1.68. The van der Waals surface area contributed by atoms with E-state index in [0.717, 1.165) is 0 Å². The Bertz CT molecular complexity index is 914. The number of amides is 1. The Morgan fingerprint density at radius 2 is 1.67 bits per heavy atom. The van der Waals surface area contributed by atoms with Crippen molar-refractivity contribution >= 4 is 22.7 Å². The van der Waals surface area contributed by atoms with Crippen molar-refractivity contribution in [2.75, 3.05) is 7.05 Å². The average molecular weight is 385 g/mol. The molecular formula is C20H19NO5S. The summed E-state index contributed by atoms with van der Waals surface area (Å²) < 4.78 is 23.8. The van der Waals surface area contributed by atoms with Crippen molar-refractivity contribution < 1.29 is 23.3 Å². The van der Waals surface area contributed by atoms with Crippen LogP contribution in [-0.4, -0.2) is 40.4 Å². The van der Waals surface area contributed by atoms with E-state index in [-0.39, 0.29) is 12.2 Å². The molecule has 2 fully saturated rings. The van der Waals surface area contributed by atoms with Crippen LogP contribution in [0.2, 0.25) is 0 Å². The van der Waals surface area contributed by atoms with Crippen LogP contribution in [0.3, 0.4) is 0 Å². The molecule has 2 aromatic carbocycles. The van der Waals surface area contributed by atoms with Crippen LogP contribution in [0.5, 0.6) is 0 Å². The highest BCUT2D eigenvalue weighted by atomic mass is 32.2. The smallest absolute Gasteiger partial charge is 0.412 e. The highest BCUT2D eigenvalue weighted by molar-refractivity contribution is 7.85. The third-order valence-electron chi connectivity index (χ3n) is 5.17. The predicted octanol–water partition coefficient (Wildman–Crippen LogP) is 2.83. The van der Waals surface area contributed by atoms with Crippen LogP contribution in [0.25, 0.3) is 0 Å². The standard InChI is InChI=1S/C20H19NO5S/c1-20(17(22)12-16-18(26-20)25-19(23)21(16)2)13-8-10-15(11-9-13)27(24)14-6-4-3-5-7-14/h3-11,16,18H,12H2,1-2H3/t16-,18+,20+,27?/m1/s1. The van der Waals surface area contributed by atoms with Crippen LogP contribution < -0.4 is 0 Å². The quantitative estimate of drug-likeness (QED) is 0.812. The molecule has 2 saturated heterocycles. The third kappa shape index (κ3) is 2.96. The molecule has 0 aromatic heterocycles. The minimum absolute atomic E-state index is 0.120. The van der Waals surface area contributed by atoms with Gasteiger partial charge in [-0.25, -0.2) is 9.00 Å². The SMILES string of the molecule is CN1C(=O)O[C@H]2O[C@@](C)(c3ccc(S(=O)c4ccccc4)cc3)C(=O)C[C@H]21. The maximum Gasteiger partial charge on any atom is 0.412 e. The van der Waals surface area contributed by atoms with Gasteiger partial charge in [0.05, 0.1) is 10.8 Å². The van der Waals surface area contributed by atoms with Crippen molar-refractivity contribution in [3.63, 3.8) is 0 Å². The highest BCUT2D eigenvalue weighted by Gasteiger charge is 2.53. The summed E-state index contributed by atoms with van der Waals surface area (Å²) in [5, 5.41) is 0. The number of carbonyl (C=O) groups is 2. The van der Waals surface area contributed by atoms with Crippen molar-refractivity contribution in [1.82, 2.24) is 4.90 Å².